The lowest BCUT2D eigenvalue weighted by atomic mass is 10.1. The SMILES string of the molecule is CCCNC(=O)c1ccn(C2CCCNC2)n1.Cl. The lowest BCUT2D eigenvalue weighted by Gasteiger charge is -2.22. The number of aromatic nitrogens is 2. The van der Waals surface area contributed by atoms with Crippen molar-refractivity contribution in [2.75, 3.05) is 19.6 Å². The summed E-state index contributed by atoms with van der Waals surface area (Å²) in [6.45, 7) is 4.77. The minimum Gasteiger partial charge on any atom is -0.351 e. The van der Waals surface area contributed by atoms with Crippen molar-refractivity contribution in [3.63, 3.8) is 0 Å². The fourth-order valence-corrected chi connectivity index (χ4v) is 2.05. The lowest BCUT2D eigenvalue weighted by Crippen LogP contribution is -2.32. The van der Waals surface area contributed by atoms with Crippen molar-refractivity contribution in [1.82, 2.24) is 20.4 Å². The quantitative estimate of drug-likeness (QED) is 0.870. The maximum Gasteiger partial charge on any atom is 0.271 e. The van der Waals surface area contributed by atoms with Crippen molar-refractivity contribution in [3.8, 4) is 0 Å². The Kier molecular flexibility index (Phi) is 6.15. The van der Waals surface area contributed by atoms with Gasteiger partial charge in [0, 0.05) is 19.3 Å². The molecular formula is C12H21ClN4O. The van der Waals surface area contributed by atoms with E-state index in [2.05, 4.69) is 15.7 Å². The number of nitrogens with one attached hydrogen (secondary N) is 2. The first-order valence-corrected chi connectivity index (χ1v) is 6.35. The van der Waals surface area contributed by atoms with E-state index in [1.54, 1.807) is 6.07 Å². The van der Waals surface area contributed by atoms with E-state index in [0.717, 1.165) is 25.9 Å². The largest absolute Gasteiger partial charge is 0.351 e. The molecule has 6 heteroatoms. The van der Waals surface area contributed by atoms with Crippen LogP contribution in [0.15, 0.2) is 12.3 Å². The van der Waals surface area contributed by atoms with E-state index in [1.165, 1.54) is 6.42 Å². The van der Waals surface area contributed by atoms with Gasteiger partial charge in [0.25, 0.3) is 5.91 Å². The van der Waals surface area contributed by atoms with E-state index in [0.29, 0.717) is 18.3 Å². The molecule has 2 N–H and O–H groups in total. The summed E-state index contributed by atoms with van der Waals surface area (Å²) in [5, 5.41) is 10.5. The highest BCUT2D eigenvalue weighted by Gasteiger charge is 2.17. The van der Waals surface area contributed by atoms with Crippen LogP contribution in [-0.4, -0.2) is 35.3 Å². The molecule has 2 heterocycles. The van der Waals surface area contributed by atoms with E-state index in [-0.39, 0.29) is 18.3 Å². The predicted octanol–water partition coefficient (Wildman–Crippen LogP) is 1.37. The Morgan fingerprint density at radius 3 is 3.17 bits per heavy atom. The van der Waals surface area contributed by atoms with Gasteiger partial charge in [-0.2, -0.15) is 5.10 Å². The maximum atomic E-state index is 11.7. The lowest BCUT2D eigenvalue weighted by molar-refractivity contribution is 0.0947. The highest BCUT2D eigenvalue weighted by molar-refractivity contribution is 5.92. The van der Waals surface area contributed by atoms with Crippen molar-refractivity contribution in [1.29, 1.82) is 0 Å². The van der Waals surface area contributed by atoms with Crippen LogP contribution in [0.2, 0.25) is 0 Å². The number of carbonyl (C=O) groups excluding carboxylic acids is 1. The van der Waals surface area contributed by atoms with Crippen LogP contribution in [0.5, 0.6) is 0 Å². The molecule has 0 radical (unpaired) electrons. The number of carbonyl (C=O) groups is 1. The third kappa shape index (κ3) is 3.71. The van der Waals surface area contributed by atoms with Crippen LogP contribution in [-0.2, 0) is 0 Å². The van der Waals surface area contributed by atoms with Gasteiger partial charge in [0.1, 0.15) is 5.69 Å². The third-order valence-electron chi connectivity index (χ3n) is 3.02. The molecule has 18 heavy (non-hydrogen) atoms. The second-order valence-electron chi connectivity index (χ2n) is 4.44. The highest BCUT2D eigenvalue weighted by atomic mass is 35.5. The molecule has 1 amide bonds. The topological polar surface area (TPSA) is 59.0 Å². The van der Waals surface area contributed by atoms with Crippen molar-refractivity contribution < 1.29 is 4.79 Å². The van der Waals surface area contributed by atoms with Gasteiger partial charge >= 0.3 is 0 Å². The number of amides is 1. The van der Waals surface area contributed by atoms with Crippen molar-refractivity contribution in [2.24, 2.45) is 0 Å². The van der Waals surface area contributed by atoms with Gasteiger partial charge in [-0.3, -0.25) is 9.48 Å². The summed E-state index contributed by atoms with van der Waals surface area (Å²) in [5.74, 6) is -0.0747. The standard InChI is InChI=1S/C12H20N4O.ClH/c1-2-6-14-12(17)11-5-8-16(15-11)10-4-3-7-13-9-10;/h5,8,10,13H,2-4,6-7,9H2,1H3,(H,14,17);1H. The minimum absolute atomic E-state index is 0. The summed E-state index contributed by atoms with van der Waals surface area (Å²) in [7, 11) is 0. The van der Waals surface area contributed by atoms with Gasteiger partial charge in [-0.1, -0.05) is 6.92 Å². The van der Waals surface area contributed by atoms with Gasteiger partial charge in [0.05, 0.1) is 6.04 Å². The Morgan fingerprint density at radius 2 is 2.50 bits per heavy atom. The summed E-state index contributed by atoms with van der Waals surface area (Å²) < 4.78 is 1.91. The van der Waals surface area contributed by atoms with Gasteiger partial charge in [0.15, 0.2) is 0 Å². The zero-order valence-electron chi connectivity index (χ0n) is 10.7. The summed E-state index contributed by atoms with van der Waals surface area (Å²) in [6, 6.07) is 2.18. The zero-order valence-corrected chi connectivity index (χ0v) is 11.5. The first-order valence-electron chi connectivity index (χ1n) is 6.35. The van der Waals surface area contributed by atoms with Gasteiger partial charge in [-0.05, 0) is 31.9 Å². The molecule has 1 aromatic rings. The third-order valence-corrected chi connectivity index (χ3v) is 3.02. The number of hydrogen-bond acceptors (Lipinski definition) is 3. The van der Waals surface area contributed by atoms with E-state index in [4.69, 9.17) is 0 Å². The molecule has 0 aliphatic carbocycles. The van der Waals surface area contributed by atoms with Crippen LogP contribution in [0.3, 0.4) is 0 Å². The van der Waals surface area contributed by atoms with E-state index < -0.39 is 0 Å². The van der Waals surface area contributed by atoms with Crippen LogP contribution in [0.25, 0.3) is 0 Å². The number of hydrogen-bond donors (Lipinski definition) is 2. The van der Waals surface area contributed by atoms with Crippen LogP contribution < -0.4 is 10.6 Å². The fourth-order valence-electron chi connectivity index (χ4n) is 2.05. The summed E-state index contributed by atoms with van der Waals surface area (Å²) in [6.07, 6.45) is 5.14. The number of nitrogens with zero attached hydrogens (tertiary/aromatic N) is 2. The number of piperidine rings is 1. The first kappa shape index (κ1) is 15.0. The molecule has 0 bridgehead atoms. The summed E-state index contributed by atoms with van der Waals surface area (Å²) >= 11 is 0. The second-order valence-corrected chi connectivity index (χ2v) is 4.44. The summed E-state index contributed by atoms with van der Waals surface area (Å²) in [5.41, 5.74) is 0.518. The van der Waals surface area contributed by atoms with Gasteiger partial charge in [0.2, 0.25) is 0 Å². The Labute approximate surface area is 114 Å². The molecule has 1 aliphatic rings. The Morgan fingerprint density at radius 1 is 1.67 bits per heavy atom. The van der Waals surface area contributed by atoms with Crippen LogP contribution in [0.1, 0.15) is 42.7 Å². The molecule has 0 spiro atoms. The fraction of sp³-hybridized carbons (Fsp3) is 0.667. The minimum atomic E-state index is -0.0747. The van der Waals surface area contributed by atoms with Gasteiger partial charge < -0.3 is 10.6 Å². The number of halogens is 1. The average molecular weight is 273 g/mol. The van der Waals surface area contributed by atoms with Gasteiger partial charge in [-0.25, -0.2) is 0 Å². The number of rotatable bonds is 4. The highest BCUT2D eigenvalue weighted by Crippen LogP contribution is 2.15. The zero-order chi connectivity index (χ0) is 12.1. The normalized spacial score (nSPS) is 19.1. The first-order chi connectivity index (χ1) is 8.31. The molecule has 1 atom stereocenters. The molecule has 0 saturated carbocycles. The van der Waals surface area contributed by atoms with Crippen LogP contribution in [0.4, 0.5) is 0 Å². The van der Waals surface area contributed by atoms with Crippen molar-refractivity contribution in [2.45, 2.75) is 32.2 Å². The molecular weight excluding hydrogens is 252 g/mol. The second kappa shape index (κ2) is 7.38. The maximum absolute atomic E-state index is 11.7. The van der Waals surface area contributed by atoms with Gasteiger partial charge in [-0.15, -0.1) is 12.4 Å². The molecule has 1 saturated heterocycles. The van der Waals surface area contributed by atoms with Crippen molar-refractivity contribution in [3.05, 3.63) is 18.0 Å². The molecule has 0 aromatic carbocycles. The van der Waals surface area contributed by atoms with E-state index in [9.17, 15) is 4.79 Å². The molecule has 1 fully saturated rings. The Hall–Kier alpha value is -1.07. The molecule has 1 aromatic heterocycles. The van der Waals surface area contributed by atoms with E-state index >= 15 is 0 Å². The Balaban J connectivity index is 0.00000162. The molecule has 1 unspecified atom stereocenters. The van der Waals surface area contributed by atoms with E-state index in [1.807, 2.05) is 17.8 Å². The van der Waals surface area contributed by atoms with Crippen LogP contribution >= 0.6 is 12.4 Å². The monoisotopic (exact) mass is 272 g/mol. The summed E-state index contributed by atoms with van der Waals surface area (Å²) in [4.78, 5) is 11.7. The smallest absolute Gasteiger partial charge is 0.271 e. The molecule has 2 rings (SSSR count). The van der Waals surface area contributed by atoms with Crippen LogP contribution in [0, 0.1) is 0 Å². The molecule has 102 valence electrons. The molecule has 5 nitrogen and oxygen atoms in total. The molecule has 1 aliphatic heterocycles. The van der Waals surface area contributed by atoms with Crippen molar-refractivity contribution >= 4 is 18.3 Å². The Bertz CT molecular complexity index is 374. The predicted molar refractivity (Wildman–Crippen MR) is 73.2 cm³/mol. The average Bonchev–Trinajstić information content (AvgIpc) is 2.86.